The molecule has 0 saturated heterocycles. The van der Waals surface area contributed by atoms with E-state index in [2.05, 4.69) is 48.5 Å². The molecule has 4 nitrogen and oxygen atoms in total. The minimum Gasteiger partial charge on any atom is -0.383 e. The van der Waals surface area contributed by atoms with Gasteiger partial charge < -0.3 is 15.4 Å². The van der Waals surface area contributed by atoms with Crippen molar-refractivity contribution in [3.05, 3.63) is 34.9 Å². The van der Waals surface area contributed by atoms with E-state index in [1.54, 1.807) is 14.2 Å². The number of nitrogens with one attached hydrogen (secondary N) is 2. The van der Waals surface area contributed by atoms with Gasteiger partial charge in [0.25, 0.3) is 0 Å². The third-order valence-electron chi connectivity index (χ3n) is 3.35. The van der Waals surface area contributed by atoms with Crippen molar-refractivity contribution in [2.24, 2.45) is 4.99 Å². The lowest BCUT2D eigenvalue weighted by atomic mass is 9.85. The standard InChI is InChI=1S/C16H26ClN3O/c1-12(10-21-5)20-15(18-4)19-11-16(2,3)13-6-8-14(17)9-7-13/h6-9,12H,10-11H2,1-5H3,(H2,18,19,20). The first kappa shape index (κ1) is 17.8. The van der Waals surface area contributed by atoms with E-state index >= 15 is 0 Å². The summed E-state index contributed by atoms with van der Waals surface area (Å²) in [4.78, 5) is 4.24. The lowest BCUT2D eigenvalue weighted by molar-refractivity contribution is 0.179. The molecule has 0 aliphatic rings. The second-order valence-electron chi connectivity index (χ2n) is 5.82. The van der Waals surface area contributed by atoms with Gasteiger partial charge in [0.05, 0.1) is 6.61 Å². The zero-order chi connectivity index (χ0) is 15.9. The molecular formula is C16H26ClN3O. The van der Waals surface area contributed by atoms with Gasteiger partial charge in [0.1, 0.15) is 0 Å². The van der Waals surface area contributed by atoms with Gasteiger partial charge in [-0.3, -0.25) is 4.99 Å². The van der Waals surface area contributed by atoms with Crippen molar-refractivity contribution in [2.75, 3.05) is 27.3 Å². The third-order valence-corrected chi connectivity index (χ3v) is 3.60. The molecule has 1 aromatic carbocycles. The summed E-state index contributed by atoms with van der Waals surface area (Å²) in [6.45, 7) is 7.85. The summed E-state index contributed by atoms with van der Waals surface area (Å²) in [5, 5.41) is 7.41. The number of hydrogen-bond donors (Lipinski definition) is 2. The average Bonchev–Trinajstić information content (AvgIpc) is 2.44. The molecule has 0 saturated carbocycles. The molecule has 1 aromatic rings. The smallest absolute Gasteiger partial charge is 0.191 e. The van der Waals surface area contributed by atoms with Crippen LogP contribution >= 0.6 is 11.6 Å². The van der Waals surface area contributed by atoms with Gasteiger partial charge in [0.2, 0.25) is 0 Å². The number of methoxy groups -OCH3 is 1. The second kappa shape index (κ2) is 8.25. The average molecular weight is 312 g/mol. The van der Waals surface area contributed by atoms with Crippen LogP contribution in [0.4, 0.5) is 0 Å². The summed E-state index contributed by atoms with van der Waals surface area (Å²) in [6, 6.07) is 8.18. The zero-order valence-electron chi connectivity index (χ0n) is 13.5. The van der Waals surface area contributed by atoms with Crippen LogP contribution in [0, 0.1) is 0 Å². The van der Waals surface area contributed by atoms with Crippen LogP contribution in [-0.4, -0.2) is 39.3 Å². The Kier molecular flexibility index (Phi) is 6.99. The molecule has 0 amide bonds. The Labute approximate surface area is 132 Å². The van der Waals surface area contributed by atoms with E-state index in [0.29, 0.717) is 6.61 Å². The Morgan fingerprint density at radius 2 is 1.95 bits per heavy atom. The number of hydrogen-bond acceptors (Lipinski definition) is 2. The minimum atomic E-state index is -0.0211. The van der Waals surface area contributed by atoms with Gasteiger partial charge in [-0.1, -0.05) is 37.6 Å². The van der Waals surface area contributed by atoms with E-state index < -0.39 is 0 Å². The van der Waals surface area contributed by atoms with Gasteiger partial charge >= 0.3 is 0 Å². The van der Waals surface area contributed by atoms with Crippen LogP contribution in [-0.2, 0) is 10.2 Å². The minimum absolute atomic E-state index is 0.0211. The molecule has 0 fully saturated rings. The molecule has 1 atom stereocenters. The number of rotatable bonds is 6. The molecule has 0 radical (unpaired) electrons. The molecule has 5 heteroatoms. The summed E-state index contributed by atoms with van der Waals surface area (Å²) in [5.74, 6) is 0.779. The van der Waals surface area contributed by atoms with Crippen LogP contribution in [0.15, 0.2) is 29.3 Å². The van der Waals surface area contributed by atoms with Crippen molar-refractivity contribution in [1.29, 1.82) is 0 Å². The Morgan fingerprint density at radius 3 is 2.48 bits per heavy atom. The fourth-order valence-corrected chi connectivity index (χ4v) is 2.15. The molecule has 118 valence electrons. The van der Waals surface area contributed by atoms with E-state index in [1.165, 1.54) is 5.56 Å². The van der Waals surface area contributed by atoms with E-state index in [1.807, 2.05) is 12.1 Å². The predicted octanol–water partition coefficient (Wildman–Crippen LogP) is 2.82. The third kappa shape index (κ3) is 5.94. The highest BCUT2D eigenvalue weighted by Gasteiger charge is 2.21. The van der Waals surface area contributed by atoms with Crippen LogP contribution in [0.25, 0.3) is 0 Å². The molecule has 1 rings (SSSR count). The number of benzene rings is 1. The molecule has 0 aliphatic heterocycles. The van der Waals surface area contributed by atoms with Crippen molar-refractivity contribution in [2.45, 2.75) is 32.2 Å². The van der Waals surface area contributed by atoms with Crippen molar-refractivity contribution >= 4 is 17.6 Å². The Balaban J connectivity index is 2.60. The summed E-state index contributed by atoms with van der Waals surface area (Å²) in [7, 11) is 3.46. The molecule has 0 spiro atoms. The number of aliphatic imine (C=N–C) groups is 1. The quantitative estimate of drug-likeness (QED) is 0.627. The predicted molar refractivity (Wildman–Crippen MR) is 90.3 cm³/mol. The second-order valence-corrected chi connectivity index (χ2v) is 6.25. The van der Waals surface area contributed by atoms with Crippen molar-refractivity contribution < 1.29 is 4.74 Å². The highest BCUT2D eigenvalue weighted by molar-refractivity contribution is 6.30. The highest BCUT2D eigenvalue weighted by Crippen LogP contribution is 2.23. The fourth-order valence-electron chi connectivity index (χ4n) is 2.03. The summed E-state index contributed by atoms with van der Waals surface area (Å²) in [6.07, 6.45) is 0. The first-order chi connectivity index (χ1) is 9.89. The van der Waals surface area contributed by atoms with Gasteiger partial charge in [-0.2, -0.15) is 0 Å². The SMILES string of the molecule is CN=C(NCC(C)(C)c1ccc(Cl)cc1)NC(C)COC. The van der Waals surface area contributed by atoms with Gasteiger partial charge in [0.15, 0.2) is 5.96 Å². The van der Waals surface area contributed by atoms with Crippen LogP contribution in [0.3, 0.4) is 0 Å². The van der Waals surface area contributed by atoms with E-state index in [-0.39, 0.29) is 11.5 Å². The van der Waals surface area contributed by atoms with Crippen molar-refractivity contribution in [3.8, 4) is 0 Å². The number of nitrogens with zero attached hydrogens (tertiary/aromatic N) is 1. The normalized spacial score (nSPS) is 13.9. The summed E-state index contributed by atoms with van der Waals surface area (Å²) < 4.78 is 5.12. The maximum Gasteiger partial charge on any atom is 0.191 e. The van der Waals surface area contributed by atoms with E-state index in [4.69, 9.17) is 16.3 Å². The zero-order valence-corrected chi connectivity index (χ0v) is 14.3. The molecular weight excluding hydrogens is 286 g/mol. The fraction of sp³-hybridized carbons (Fsp3) is 0.562. The highest BCUT2D eigenvalue weighted by atomic mass is 35.5. The Morgan fingerprint density at radius 1 is 1.33 bits per heavy atom. The molecule has 0 bridgehead atoms. The maximum atomic E-state index is 5.94. The van der Waals surface area contributed by atoms with Gasteiger partial charge in [-0.25, -0.2) is 0 Å². The van der Waals surface area contributed by atoms with Crippen LogP contribution in [0.1, 0.15) is 26.3 Å². The van der Waals surface area contributed by atoms with Gasteiger partial charge in [0, 0.05) is 37.2 Å². The van der Waals surface area contributed by atoms with Crippen molar-refractivity contribution in [3.63, 3.8) is 0 Å². The van der Waals surface area contributed by atoms with Crippen LogP contribution in [0.5, 0.6) is 0 Å². The molecule has 0 aromatic heterocycles. The summed E-state index contributed by atoms with van der Waals surface area (Å²) in [5.41, 5.74) is 1.21. The van der Waals surface area contributed by atoms with Gasteiger partial charge in [-0.05, 0) is 24.6 Å². The van der Waals surface area contributed by atoms with Crippen molar-refractivity contribution in [1.82, 2.24) is 10.6 Å². The first-order valence-electron chi connectivity index (χ1n) is 7.11. The maximum absolute atomic E-state index is 5.94. The Hall–Kier alpha value is -1.26. The molecule has 0 heterocycles. The number of guanidine groups is 1. The number of ether oxygens (including phenoxy) is 1. The van der Waals surface area contributed by atoms with Crippen LogP contribution < -0.4 is 10.6 Å². The Bertz CT molecular complexity index is 457. The van der Waals surface area contributed by atoms with E-state index in [0.717, 1.165) is 17.5 Å². The van der Waals surface area contributed by atoms with Gasteiger partial charge in [-0.15, -0.1) is 0 Å². The number of halogens is 1. The summed E-state index contributed by atoms with van der Waals surface area (Å²) >= 11 is 5.94. The molecule has 0 aliphatic carbocycles. The molecule has 21 heavy (non-hydrogen) atoms. The largest absolute Gasteiger partial charge is 0.383 e. The van der Waals surface area contributed by atoms with Crippen LogP contribution in [0.2, 0.25) is 5.02 Å². The molecule has 2 N–H and O–H groups in total. The molecule has 1 unspecified atom stereocenters. The lowest BCUT2D eigenvalue weighted by Crippen LogP contribution is -2.47. The first-order valence-corrected chi connectivity index (χ1v) is 7.49. The topological polar surface area (TPSA) is 45.7 Å². The monoisotopic (exact) mass is 311 g/mol. The lowest BCUT2D eigenvalue weighted by Gasteiger charge is -2.27. The van der Waals surface area contributed by atoms with E-state index in [9.17, 15) is 0 Å².